The lowest BCUT2D eigenvalue weighted by Crippen LogP contribution is -2.23. The van der Waals surface area contributed by atoms with Gasteiger partial charge in [-0.25, -0.2) is 8.42 Å². The Morgan fingerprint density at radius 3 is 2.78 bits per heavy atom. The van der Waals surface area contributed by atoms with E-state index >= 15 is 0 Å². The highest BCUT2D eigenvalue weighted by Gasteiger charge is 2.32. The Kier molecular flexibility index (Phi) is 6.06. The number of hydrogen-bond donors (Lipinski definition) is 2. The maximum atomic E-state index is 12.1. The third kappa shape index (κ3) is 5.87. The molecular formula is C15H19NO5S2. The van der Waals surface area contributed by atoms with Gasteiger partial charge < -0.3 is 10.4 Å². The van der Waals surface area contributed by atoms with Crippen LogP contribution >= 0.6 is 11.8 Å². The number of thioether (sulfide) groups is 1. The topological polar surface area (TPSA) is 101 Å². The number of anilines is 1. The third-order valence-corrected chi connectivity index (χ3v) is 6.32. The van der Waals surface area contributed by atoms with Gasteiger partial charge in [-0.05, 0) is 24.1 Å². The molecule has 1 fully saturated rings. The van der Waals surface area contributed by atoms with Crippen molar-refractivity contribution in [3.8, 4) is 0 Å². The monoisotopic (exact) mass is 357 g/mol. The Labute approximate surface area is 139 Å². The van der Waals surface area contributed by atoms with Gasteiger partial charge in [0.1, 0.15) is 0 Å². The van der Waals surface area contributed by atoms with Crippen LogP contribution in [0.3, 0.4) is 0 Å². The number of amides is 1. The first kappa shape index (κ1) is 17.8. The Bertz CT molecular complexity index is 687. The Morgan fingerprint density at radius 2 is 2.13 bits per heavy atom. The van der Waals surface area contributed by atoms with E-state index in [-0.39, 0.29) is 23.8 Å². The van der Waals surface area contributed by atoms with Gasteiger partial charge in [-0.2, -0.15) is 11.8 Å². The van der Waals surface area contributed by atoms with Crippen molar-refractivity contribution in [2.45, 2.75) is 18.6 Å². The average molecular weight is 357 g/mol. The summed E-state index contributed by atoms with van der Waals surface area (Å²) in [5.41, 5.74) is 1.62. The summed E-state index contributed by atoms with van der Waals surface area (Å²) < 4.78 is 22.8. The molecule has 2 N–H and O–H groups in total. The largest absolute Gasteiger partial charge is 0.481 e. The van der Waals surface area contributed by atoms with E-state index in [0.29, 0.717) is 23.6 Å². The second kappa shape index (κ2) is 7.83. The number of hydrogen-bond acceptors (Lipinski definition) is 5. The molecule has 2 rings (SSSR count). The highest BCUT2D eigenvalue weighted by molar-refractivity contribution is 7.98. The van der Waals surface area contributed by atoms with E-state index in [0.717, 1.165) is 5.56 Å². The summed E-state index contributed by atoms with van der Waals surface area (Å²) in [6.45, 7) is 0. The first-order chi connectivity index (χ1) is 10.9. The van der Waals surface area contributed by atoms with Crippen LogP contribution in [0.15, 0.2) is 24.3 Å². The average Bonchev–Trinajstić information content (AvgIpc) is 2.84. The molecule has 1 heterocycles. The Balaban J connectivity index is 1.87. The lowest BCUT2D eigenvalue weighted by atomic mass is 10.1. The SMILES string of the molecule is O=C(O)CCSCc1cccc(NC(=O)C2CCS(=O)(=O)C2)c1. The van der Waals surface area contributed by atoms with E-state index < -0.39 is 21.7 Å². The highest BCUT2D eigenvalue weighted by atomic mass is 32.2. The van der Waals surface area contributed by atoms with Gasteiger partial charge in [0.05, 0.1) is 23.8 Å². The summed E-state index contributed by atoms with van der Waals surface area (Å²) in [5, 5.41) is 11.4. The van der Waals surface area contributed by atoms with E-state index in [1.807, 2.05) is 18.2 Å². The summed E-state index contributed by atoms with van der Waals surface area (Å²) in [6.07, 6.45) is 0.496. The van der Waals surface area contributed by atoms with Crippen LogP contribution in [-0.4, -0.2) is 42.7 Å². The third-order valence-electron chi connectivity index (χ3n) is 3.53. The fourth-order valence-electron chi connectivity index (χ4n) is 2.33. The normalized spacial score (nSPS) is 19.4. The van der Waals surface area contributed by atoms with Gasteiger partial charge in [-0.1, -0.05) is 12.1 Å². The quantitative estimate of drug-likeness (QED) is 0.721. The minimum atomic E-state index is -3.08. The lowest BCUT2D eigenvalue weighted by Gasteiger charge is -2.10. The molecule has 0 radical (unpaired) electrons. The number of rotatable bonds is 7. The molecule has 23 heavy (non-hydrogen) atoms. The molecule has 126 valence electrons. The molecule has 1 atom stereocenters. The second-order valence-electron chi connectivity index (χ2n) is 5.49. The molecule has 1 unspecified atom stereocenters. The van der Waals surface area contributed by atoms with Gasteiger partial charge >= 0.3 is 5.97 Å². The Hall–Kier alpha value is -1.54. The van der Waals surface area contributed by atoms with Crippen LogP contribution in [0, 0.1) is 5.92 Å². The molecule has 6 nitrogen and oxygen atoms in total. The van der Waals surface area contributed by atoms with E-state index in [1.54, 1.807) is 6.07 Å². The zero-order valence-corrected chi connectivity index (χ0v) is 14.2. The van der Waals surface area contributed by atoms with Crippen LogP contribution in [-0.2, 0) is 25.2 Å². The smallest absolute Gasteiger partial charge is 0.304 e. The molecule has 1 aromatic rings. The zero-order chi connectivity index (χ0) is 16.9. The fourth-order valence-corrected chi connectivity index (χ4v) is 4.95. The molecule has 0 aliphatic carbocycles. The summed E-state index contributed by atoms with van der Waals surface area (Å²) in [5.74, 6) is -0.365. The molecular weight excluding hydrogens is 338 g/mol. The van der Waals surface area contributed by atoms with Crippen molar-refractivity contribution in [1.82, 2.24) is 0 Å². The minimum absolute atomic E-state index is 0.0747. The number of sulfone groups is 1. The number of carboxylic acids is 1. The van der Waals surface area contributed by atoms with Gasteiger partial charge in [0.25, 0.3) is 0 Å². The first-order valence-corrected chi connectivity index (χ1v) is 10.2. The van der Waals surface area contributed by atoms with Crippen LogP contribution in [0.5, 0.6) is 0 Å². The van der Waals surface area contributed by atoms with E-state index in [4.69, 9.17) is 5.11 Å². The molecule has 0 spiro atoms. The molecule has 0 aromatic heterocycles. The number of nitrogens with one attached hydrogen (secondary N) is 1. The molecule has 1 aromatic carbocycles. The van der Waals surface area contributed by atoms with Crippen LogP contribution < -0.4 is 5.32 Å². The summed E-state index contributed by atoms with van der Waals surface area (Å²) >= 11 is 1.51. The van der Waals surface area contributed by atoms with Crippen LogP contribution in [0.4, 0.5) is 5.69 Å². The fraction of sp³-hybridized carbons (Fsp3) is 0.467. The number of aliphatic carboxylic acids is 1. The maximum Gasteiger partial charge on any atom is 0.304 e. The molecule has 1 amide bonds. The van der Waals surface area contributed by atoms with E-state index in [9.17, 15) is 18.0 Å². The van der Waals surface area contributed by atoms with Crippen LogP contribution in [0.1, 0.15) is 18.4 Å². The lowest BCUT2D eigenvalue weighted by molar-refractivity contribution is -0.136. The minimum Gasteiger partial charge on any atom is -0.481 e. The van der Waals surface area contributed by atoms with Crippen molar-refractivity contribution in [2.75, 3.05) is 22.6 Å². The number of carboxylic acid groups (broad SMARTS) is 1. The second-order valence-corrected chi connectivity index (χ2v) is 8.82. The van der Waals surface area contributed by atoms with E-state index in [1.165, 1.54) is 11.8 Å². The Morgan fingerprint density at radius 1 is 1.35 bits per heavy atom. The van der Waals surface area contributed by atoms with Crippen molar-refractivity contribution in [2.24, 2.45) is 5.92 Å². The van der Waals surface area contributed by atoms with Crippen molar-refractivity contribution >= 4 is 39.2 Å². The van der Waals surface area contributed by atoms with Gasteiger partial charge in [0.15, 0.2) is 9.84 Å². The zero-order valence-electron chi connectivity index (χ0n) is 12.5. The van der Waals surface area contributed by atoms with Gasteiger partial charge in [0.2, 0.25) is 5.91 Å². The number of carbonyl (C=O) groups is 2. The molecule has 1 aliphatic rings. The predicted octanol–water partition coefficient (Wildman–Crippen LogP) is 1.77. The van der Waals surface area contributed by atoms with Crippen molar-refractivity contribution < 1.29 is 23.1 Å². The first-order valence-electron chi connectivity index (χ1n) is 7.25. The molecule has 1 saturated heterocycles. The predicted molar refractivity (Wildman–Crippen MR) is 90.2 cm³/mol. The highest BCUT2D eigenvalue weighted by Crippen LogP contribution is 2.22. The van der Waals surface area contributed by atoms with Crippen LogP contribution in [0.2, 0.25) is 0 Å². The molecule has 8 heteroatoms. The van der Waals surface area contributed by atoms with Crippen molar-refractivity contribution in [3.63, 3.8) is 0 Å². The van der Waals surface area contributed by atoms with E-state index in [2.05, 4.69) is 5.32 Å². The molecule has 0 saturated carbocycles. The number of benzene rings is 1. The summed E-state index contributed by atoms with van der Waals surface area (Å²) in [6, 6.07) is 7.30. The van der Waals surface area contributed by atoms with Gasteiger partial charge in [-0.15, -0.1) is 0 Å². The van der Waals surface area contributed by atoms with Gasteiger partial charge in [-0.3, -0.25) is 9.59 Å². The summed E-state index contributed by atoms with van der Waals surface area (Å²) in [4.78, 5) is 22.6. The van der Waals surface area contributed by atoms with Crippen LogP contribution in [0.25, 0.3) is 0 Å². The summed E-state index contributed by atoms with van der Waals surface area (Å²) in [7, 11) is -3.08. The molecule has 0 bridgehead atoms. The molecule has 1 aliphatic heterocycles. The van der Waals surface area contributed by atoms with Crippen molar-refractivity contribution in [3.05, 3.63) is 29.8 Å². The van der Waals surface area contributed by atoms with Crippen molar-refractivity contribution in [1.29, 1.82) is 0 Å². The standard InChI is InChI=1S/C15H19NO5S2/c17-14(18)4-6-22-9-11-2-1-3-13(8-11)16-15(19)12-5-7-23(20,21)10-12/h1-3,8,12H,4-7,9-10H2,(H,16,19)(H,17,18). The van der Waals surface area contributed by atoms with Gasteiger partial charge in [0, 0.05) is 17.2 Å². The maximum absolute atomic E-state index is 12.1. The number of carbonyl (C=O) groups excluding carboxylic acids is 1.